The first kappa shape index (κ1) is 16.8. The van der Waals surface area contributed by atoms with E-state index in [0.717, 1.165) is 5.69 Å². The van der Waals surface area contributed by atoms with Gasteiger partial charge in [-0.15, -0.1) is 0 Å². The minimum absolute atomic E-state index is 0.317. The lowest BCUT2D eigenvalue weighted by atomic mass is 9.87. The van der Waals surface area contributed by atoms with E-state index < -0.39 is 17.1 Å². The van der Waals surface area contributed by atoms with E-state index in [0.29, 0.717) is 18.2 Å². The molecule has 114 valence electrons. The average Bonchev–Trinajstić information content (AvgIpc) is 2.64. The molecule has 0 saturated heterocycles. The molecule has 0 radical (unpaired) electrons. The molecule has 0 spiro atoms. The summed E-state index contributed by atoms with van der Waals surface area (Å²) in [6.45, 7) is 8.00. The van der Waals surface area contributed by atoms with Crippen molar-refractivity contribution in [3.05, 3.63) is 17.2 Å². The molecule has 1 aromatic heterocycles. The van der Waals surface area contributed by atoms with Gasteiger partial charge in [0.25, 0.3) is 0 Å². The summed E-state index contributed by atoms with van der Waals surface area (Å²) in [5.41, 5.74) is 5.60. The molecule has 1 unspecified atom stereocenters. The number of hydrogen-bond donors (Lipinski definition) is 2. The third-order valence-corrected chi connectivity index (χ3v) is 3.21. The summed E-state index contributed by atoms with van der Waals surface area (Å²) in [7, 11) is 1.84. The topological polar surface area (TPSA) is 82.2 Å². The molecule has 1 amide bonds. The number of aryl methyl sites for hydroxylation is 1. The largest absolute Gasteiger partial charge is 0.444 e. The van der Waals surface area contributed by atoms with Crippen molar-refractivity contribution < 1.29 is 9.53 Å². The SMILES string of the molecule is Cn1cnc(Cl)c1C(C)(CN)CNC(=O)OC(C)(C)C. The Morgan fingerprint density at radius 3 is 2.50 bits per heavy atom. The zero-order valence-corrected chi connectivity index (χ0v) is 13.4. The van der Waals surface area contributed by atoms with Gasteiger partial charge in [-0.25, -0.2) is 9.78 Å². The number of halogens is 1. The van der Waals surface area contributed by atoms with Crippen molar-refractivity contribution in [3.63, 3.8) is 0 Å². The van der Waals surface area contributed by atoms with E-state index in [9.17, 15) is 4.79 Å². The van der Waals surface area contributed by atoms with Crippen LogP contribution in [0.5, 0.6) is 0 Å². The number of carbonyl (C=O) groups excluding carboxylic acids is 1. The number of hydrogen-bond acceptors (Lipinski definition) is 4. The van der Waals surface area contributed by atoms with E-state index in [2.05, 4.69) is 10.3 Å². The third kappa shape index (κ3) is 4.11. The second-order valence-electron chi connectivity index (χ2n) is 6.12. The maximum absolute atomic E-state index is 11.7. The predicted octanol–water partition coefficient (Wildman–Crippen LogP) is 1.81. The molecular weight excluding hydrogens is 280 g/mol. The molecule has 0 saturated carbocycles. The van der Waals surface area contributed by atoms with Gasteiger partial charge in [0.15, 0.2) is 5.15 Å². The zero-order chi connectivity index (χ0) is 15.6. The minimum atomic E-state index is -0.534. The van der Waals surface area contributed by atoms with Crippen LogP contribution in [0.2, 0.25) is 5.15 Å². The summed E-state index contributed by atoms with van der Waals surface area (Å²) in [6, 6.07) is 0. The van der Waals surface area contributed by atoms with Crippen LogP contribution in [-0.2, 0) is 17.2 Å². The van der Waals surface area contributed by atoms with E-state index in [-0.39, 0.29) is 0 Å². The van der Waals surface area contributed by atoms with Crippen molar-refractivity contribution in [2.75, 3.05) is 13.1 Å². The van der Waals surface area contributed by atoms with E-state index in [1.165, 1.54) is 0 Å². The number of amides is 1. The highest BCUT2D eigenvalue weighted by Gasteiger charge is 2.32. The number of rotatable bonds is 4. The Labute approximate surface area is 124 Å². The lowest BCUT2D eigenvalue weighted by Crippen LogP contribution is -2.46. The smallest absolute Gasteiger partial charge is 0.407 e. The van der Waals surface area contributed by atoms with Gasteiger partial charge >= 0.3 is 6.09 Å². The predicted molar refractivity (Wildman–Crippen MR) is 78.9 cm³/mol. The minimum Gasteiger partial charge on any atom is -0.444 e. The van der Waals surface area contributed by atoms with Gasteiger partial charge in [-0.2, -0.15) is 0 Å². The van der Waals surface area contributed by atoms with Crippen LogP contribution in [0.3, 0.4) is 0 Å². The van der Waals surface area contributed by atoms with E-state index in [1.807, 2.05) is 39.3 Å². The summed E-state index contributed by atoms with van der Waals surface area (Å²) in [5, 5.41) is 3.13. The second-order valence-corrected chi connectivity index (χ2v) is 6.47. The summed E-state index contributed by atoms with van der Waals surface area (Å²) < 4.78 is 7.02. The number of aromatic nitrogens is 2. The van der Waals surface area contributed by atoms with Gasteiger partial charge in [-0.05, 0) is 20.8 Å². The zero-order valence-electron chi connectivity index (χ0n) is 12.7. The summed E-state index contributed by atoms with van der Waals surface area (Å²) in [6.07, 6.45) is 1.15. The summed E-state index contributed by atoms with van der Waals surface area (Å²) in [4.78, 5) is 15.8. The average molecular weight is 303 g/mol. The Bertz CT molecular complexity index is 462. The van der Waals surface area contributed by atoms with Crippen LogP contribution in [0.15, 0.2) is 6.33 Å². The first-order valence-electron chi connectivity index (χ1n) is 6.43. The van der Waals surface area contributed by atoms with Gasteiger partial charge in [-0.3, -0.25) is 0 Å². The van der Waals surface area contributed by atoms with Crippen LogP contribution < -0.4 is 11.1 Å². The molecule has 0 aliphatic heterocycles. The number of alkyl carbamates (subject to hydrolysis) is 1. The van der Waals surface area contributed by atoms with Crippen molar-refractivity contribution in [1.82, 2.24) is 14.9 Å². The van der Waals surface area contributed by atoms with Crippen molar-refractivity contribution >= 4 is 17.7 Å². The van der Waals surface area contributed by atoms with Gasteiger partial charge in [0.2, 0.25) is 0 Å². The molecule has 7 heteroatoms. The highest BCUT2D eigenvalue weighted by molar-refractivity contribution is 6.30. The maximum Gasteiger partial charge on any atom is 0.407 e. The Balaban J connectivity index is 2.79. The Morgan fingerprint density at radius 1 is 1.50 bits per heavy atom. The van der Waals surface area contributed by atoms with Crippen LogP contribution in [0.25, 0.3) is 0 Å². The van der Waals surface area contributed by atoms with Crippen molar-refractivity contribution in [1.29, 1.82) is 0 Å². The molecule has 1 rings (SSSR count). The summed E-state index contributed by atoms with van der Waals surface area (Å²) in [5.74, 6) is 0. The van der Waals surface area contributed by atoms with Gasteiger partial charge < -0.3 is 20.4 Å². The third-order valence-electron chi connectivity index (χ3n) is 2.94. The van der Waals surface area contributed by atoms with Crippen LogP contribution in [-0.4, -0.2) is 34.3 Å². The molecule has 20 heavy (non-hydrogen) atoms. The lowest BCUT2D eigenvalue weighted by molar-refractivity contribution is 0.0516. The van der Waals surface area contributed by atoms with E-state index in [4.69, 9.17) is 22.1 Å². The fourth-order valence-corrected chi connectivity index (χ4v) is 2.32. The first-order valence-corrected chi connectivity index (χ1v) is 6.81. The Hall–Kier alpha value is -1.27. The number of nitrogens with zero attached hydrogens (tertiary/aromatic N) is 2. The molecule has 0 aliphatic carbocycles. The van der Waals surface area contributed by atoms with Gasteiger partial charge in [0, 0.05) is 25.6 Å². The standard InChI is InChI=1S/C13H23ClN4O2/c1-12(2,3)20-11(19)16-7-13(4,6-15)9-10(14)17-8-18(9)5/h8H,6-7,15H2,1-5H3,(H,16,19). The van der Waals surface area contributed by atoms with Crippen molar-refractivity contribution in [3.8, 4) is 0 Å². The van der Waals surface area contributed by atoms with Crippen molar-refractivity contribution in [2.24, 2.45) is 12.8 Å². The molecule has 1 atom stereocenters. The van der Waals surface area contributed by atoms with Crippen LogP contribution in [0.1, 0.15) is 33.4 Å². The highest BCUT2D eigenvalue weighted by Crippen LogP contribution is 2.27. The molecule has 0 fully saturated rings. The van der Waals surface area contributed by atoms with E-state index >= 15 is 0 Å². The van der Waals surface area contributed by atoms with Gasteiger partial charge in [0.1, 0.15) is 5.60 Å². The molecule has 3 N–H and O–H groups in total. The molecule has 0 aromatic carbocycles. The molecule has 1 heterocycles. The Morgan fingerprint density at radius 2 is 2.10 bits per heavy atom. The first-order chi connectivity index (χ1) is 9.09. The second kappa shape index (κ2) is 6.01. The molecule has 0 bridgehead atoms. The maximum atomic E-state index is 11.7. The molecule has 1 aromatic rings. The quantitative estimate of drug-likeness (QED) is 0.889. The van der Waals surface area contributed by atoms with E-state index in [1.54, 1.807) is 6.33 Å². The number of imidazole rings is 1. The highest BCUT2D eigenvalue weighted by atomic mass is 35.5. The number of nitrogens with two attached hydrogens (primary N) is 1. The molecular formula is C13H23ClN4O2. The number of nitrogens with one attached hydrogen (secondary N) is 1. The van der Waals surface area contributed by atoms with Gasteiger partial charge in [0.05, 0.1) is 12.0 Å². The van der Waals surface area contributed by atoms with Crippen molar-refractivity contribution in [2.45, 2.75) is 38.7 Å². The van der Waals surface area contributed by atoms with Gasteiger partial charge in [-0.1, -0.05) is 18.5 Å². The fourth-order valence-electron chi connectivity index (χ4n) is 1.91. The van der Waals surface area contributed by atoms with Crippen LogP contribution >= 0.6 is 11.6 Å². The van der Waals surface area contributed by atoms with Crippen LogP contribution in [0, 0.1) is 0 Å². The van der Waals surface area contributed by atoms with Crippen LogP contribution in [0.4, 0.5) is 4.79 Å². The molecule has 6 nitrogen and oxygen atoms in total. The normalized spacial score (nSPS) is 14.8. The molecule has 0 aliphatic rings. The Kier molecular flexibility index (Phi) is 5.05. The monoisotopic (exact) mass is 302 g/mol. The number of carbonyl (C=O) groups is 1. The lowest BCUT2D eigenvalue weighted by Gasteiger charge is -2.29. The summed E-state index contributed by atoms with van der Waals surface area (Å²) >= 11 is 6.10. The number of ether oxygens (including phenoxy) is 1. The fraction of sp³-hybridized carbons (Fsp3) is 0.692.